The van der Waals surface area contributed by atoms with Gasteiger partial charge in [0, 0.05) is 25.9 Å². The minimum Gasteiger partial charge on any atom is -0.335 e. The number of hydrogen-bond acceptors (Lipinski definition) is 5. The largest absolute Gasteiger partial charge is 0.335 e. The van der Waals surface area contributed by atoms with E-state index in [1.165, 1.54) is 6.08 Å². The second-order valence-electron chi connectivity index (χ2n) is 6.41. The first-order chi connectivity index (χ1) is 13.5. The van der Waals surface area contributed by atoms with E-state index in [0.29, 0.717) is 18.7 Å². The first kappa shape index (κ1) is 18.1. The van der Waals surface area contributed by atoms with E-state index in [1.807, 2.05) is 37.3 Å². The number of amides is 1. The second kappa shape index (κ2) is 7.40. The Bertz CT molecular complexity index is 1220. The van der Waals surface area contributed by atoms with Crippen LogP contribution in [-0.2, 0) is 17.9 Å². The zero-order valence-corrected chi connectivity index (χ0v) is 16.4. The number of para-hydroxylation sites is 1. The number of likely N-dealkylation sites (N-methyl/N-ethyl adjacent to an activating group) is 1. The van der Waals surface area contributed by atoms with Gasteiger partial charge in [-0.2, -0.15) is 0 Å². The topological polar surface area (TPSA) is 83.9 Å². The number of nitrogens with one attached hydrogen (secondary N) is 1. The van der Waals surface area contributed by atoms with Crippen molar-refractivity contribution in [2.24, 2.45) is 0 Å². The van der Waals surface area contributed by atoms with Crippen LogP contribution in [-0.4, -0.2) is 37.4 Å². The standard InChI is InChI=1S/C20H19N5O2S/c1-3-25-15-10-13(11-21-19(15)23-20(25)27)8-9-18(26)24(2)12-17-22-14-6-4-5-7-16(14)28-17/h4-11H,3,12H2,1-2H3,(H,21,23,27)/b9-8+. The average Bonchev–Trinajstić information content (AvgIpc) is 3.24. The van der Waals surface area contributed by atoms with Gasteiger partial charge in [0.1, 0.15) is 5.01 Å². The molecule has 0 fully saturated rings. The number of fused-ring (bicyclic) bond motifs is 2. The molecule has 0 atom stereocenters. The van der Waals surface area contributed by atoms with E-state index in [0.717, 1.165) is 26.3 Å². The first-order valence-corrected chi connectivity index (χ1v) is 9.73. The summed E-state index contributed by atoms with van der Waals surface area (Å²) in [5.74, 6) is -0.124. The van der Waals surface area contributed by atoms with E-state index < -0.39 is 0 Å². The summed E-state index contributed by atoms with van der Waals surface area (Å²) in [5, 5.41) is 0.896. The summed E-state index contributed by atoms with van der Waals surface area (Å²) >= 11 is 1.59. The molecule has 0 aliphatic carbocycles. The predicted octanol–water partition coefficient (Wildman–Crippen LogP) is 3.03. The molecule has 0 saturated heterocycles. The van der Waals surface area contributed by atoms with Crippen molar-refractivity contribution in [1.82, 2.24) is 24.4 Å². The molecule has 3 aromatic heterocycles. The molecular weight excluding hydrogens is 374 g/mol. The zero-order valence-electron chi connectivity index (χ0n) is 15.5. The molecule has 1 aromatic carbocycles. The maximum Gasteiger partial charge on any atom is 0.327 e. The van der Waals surface area contributed by atoms with Crippen LogP contribution in [0.1, 0.15) is 17.5 Å². The highest BCUT2D eigenvalue weighted by atomic mass is 32.1. The Morgan fingerprint density at radius 2 is 2.18 bits per heavy atom. The van der Waals surface area contributed by atoms with Gasteiger partial charge in [0.2, 0.25) is 5.91 Å². The van der Waals surface area contributed by atoms with Crippen LogP contribution in [0.5, 0.6) is 0 Å². The van der Waals surface area contributed by atoms with Crippen molar-refractivity contribution in [3.05, 3.63) is 63.7 Å². The van der Waals surface area contributed by atoms with Gasteiger partial charge in [-0.1, -0.05) is 12.1 Å². The molecule has 0 aliphatic rings. The van der Waals surface area contributed by atoms with Crippen molar-refractivity contribution in [2.75, 3.05) is 7.05 Å². The van der Waals surface area contributed by atoms with E-state index in [4.69, 9.17) is 0 Å². The number of rotatable bonds is 5. The smallest absolute Gasteiger partial charge is 0.327 e. The Balaban J connectivity index is 1.49. The maximum absolute atomic E-state index is 12.5. The van der Waals surface area contributed by atoms with Gasteiger partial charge in [0.25, 0.3) is 0 Å². The molecule has 28 heavy (non-hydrogen) atoms. The summed E-state index contributed by atoms with van der Waals surface area (Å²) in [4.78, 5) is 37.5. The Morgan fingerprint density at radius 1 is 1.36 bits per heavy atom. The van der Waals surface area contributed by atoms with Crippen LogP contribution >= 0.6 is 11.3 Å². The lowest BCUT2D eigenvalue weighted by Gasteiger charge is -2.12. The minimum atomic E-state index is -0.183. The molecule has 0 radical (unpaired) electrons. The highest BCUT2D eigenvalue weighted by molar-refractivity contribution is 7.18. The molecule has 0 saturated carbocycles. The molecule has 8 heteroatoms. The fraction of sp³-hybridized carbons (Fsp3) is 0.200. The van der Waals surface area contributed by atoms with Crippen LogP contribution in [0.2, 0.25) is 0 Å². The summed E-state index contributed by atoms with van der Waals surface area (Å²) in [7, 11) is 1.75. The number of aromatic nitrogens is 4. The maximum atomic E-state index is 12.5. The minimum absolute atomic E-state index is 0.124. The van der Waals surface area contributed by atoms with E-state index in [2.05, 4.69) is 15.0 Å². The van der Waals surface area contributed by atoms with E-state index in [9.17, 15) is 9.59 Å². The molecule has 1 N–H and O–H groups in total. The third-order valence-electron chi connectivity index (χ3n) is 4.47. The lowest BCUT2D eigenvalue weighted by Crippen LogP contribution is -2.23. The molecule has 4 rings (SSSR count). The fourth-order valence-corrected chi connectivity index (χ4v) is 4.04. The van der Waals surface area contributed by atoms with Crippen LogP contribution in [0.3, 0.4) is 0 Å². The zero-order chi connectivity index (χ0) is 19.7. The number of carbonyl (C=O) groups is 1. The molecule has 0 spiro atoms. The summed E-state index contributed by atoms with van der Waals surface area (Å²) in [6, 6.07) is 9.78. The molecular formula is C20H19N5O2S. The Hall–Kier alpha value is -3.26. The Labute approximate surface area is 165 Å². The average molecular weight is 393 g/mol. The number of H-pyrrole nitrogens is 1. The third kappa shape index (κ3) is 3.46. The number of aryl methyl sites for hydroxylation is 1. The molecule has 7 nitrogen and oxygen atoms in total. The summed E-state index contributed by atoms with van der Waals surface area (Å²) in [5.41, 5.74) is 2.80. The lowest BCUT2D eigenvalue weighted by molar-refractivity contribution is -0.125. The molecule has 0 aliphatic heterocycles. The lowest BCUT2D eigenvalue weighted by atomic mass is 10.2. The predicted molar refractivity (Wildman–Crippen MR) is 111 cm³/mol. The number of carbonyl (C=O) groups excluding carboxylic acids is 1. The number of benzene rings is 1. The number of aromatic amines is 1. The van der Waals surface area contributed by atoms with Crippen LogP contribution in [0, 0.1) is 0 Å². The number of imidazole rings is 1. The summed E-state index contributed by atoms with van der Waals surface area (Å²) in [6.07, 6.45) is 4.86. The number of pyridine rings is 1. The van der Waals surface area contributed by atoms with Gasteiger partial charge in [-0.3, -0.25) is 14.3 Å². The molecule has 1 amide bonds. The van der Waals surface area contributed by atoms with Crippen molar-refractivity contribution in [3.8, 4) is 0 Å². The number of nitrogens with zero attached hydrogens (tertiary/aromatic N) is 4. The van der Waals surface area contributed by atoms with Crippen molar-refractivity contribution in [3.63, 3.8) is 0 Å². The van der Waals surface area contributed by atoms with Crippen LogP contribution in [0.15, 0.2) is 47.4 Å². The second-order valence-corrected chi connectivity index (χ2v) is 7.53. The SMILES string of the molecule is CCn1c(=O)[nH]c2ncc(/C=C/C(=O)N(C)Cc3nc4ccccc4s3)cc21. The van der Waals surface area contributed by atoms with Gasteiger partial charge >= 0.3 is 5.69 Å². The number of thiazole rings is 1. The van der Waals surface area contributed by atoms with Crippen LogP contribution < -0.4 is 5.69 Å². The van der Waals surface area contributed by atoms with Crippen LogP contribution in [0.25, 0.3) is 27.5 Å². The normalized spacial score (nSPS) is 11.6. The quantitative estimate of drug-likeness (QED) is 0.528. The fourth-order valence-electron chi connectivity index (χ4n) is 3.02. The van der Waals surface area contributed by atoms with Crippen molar-refractivity contribution in [1.29, 1.82) is 0 Å². The van der Waals surface area contributed by atoms with Gasteiger partial charge < -0.3 is 4.90 Å². The summed E-state index contributed by atoms with van der Waals surface area (Å²) < 4.78 is 2.72. The van der Waals surface area contributed by atoms with Gasteiger partial charge in [-0.25, -0.2) is 14.8 Å². The van der Waals surface area contributed by atoms with E-state index >= 15 is 0 Å². The van der Waals surface area contributed by atoms with Crippen molar-refractivity contribution < 1.29 is 4.79 Å². The van der Waals surface area contributed by atoms with E-state index in [1.54, 1.807) is 40.1 Å². The first-order valence-electron chi connectivity index (χ1n) is 8.91. The van der Waals surface area contributed by atoms with Gasteiger partial charge in [-0.05, 0) is 36.8 Å². The Morgan fingerprint density at radius 3 is 2.96 bits per heavy atom. The third-order valence-corrected chi connectivity index (χ3v) is 5.49. The van der Waals surface area contributed by atoms with Crippen molar-refractivity contribution in [2.45, 2.75) is 20.0 Å². The summed E-state index contributed by atoms with van der Waals surface area (Å²) in [6.45, 7) is 2.90. The van der Waals surface area contributed by atoms with Gasteiger partial charge in [-0.15, -0.1) is 11.3 Å². The van der Waals surface area contributed by atoms with Gasteiger partial charge in [0.05, 0.1) is 22.3 Å². The van der Waals surface area contributed by atoms with E-state index in [-0.39, 0.29) is 11.6 Å². The van der Waals surface area contributed by atoms with Crippen molar-refractivity contribution >= 4 is 44.7 Å². The molecule has 3 heterocycles. The highest BCUT2D eigenvalue weighted by Crippen LogP contribution is 2.22. The monoisotopic (exact) mass is 393 g/mol. The van der Waals surface area contributed by atoms with Crippen LogP contribution in [0.4, 0.5) is 0 Å². The molecule has 142 valence electrons. The molecule has 0 unspecified atom stereocenters. The highest BCUT2D eigenvalue weighted by Gasteiger charge is 2.10. The molecule has 0 bridgehead atoms. The molecule has 4 aromatic rings. The number of hydrogen-bond donors (Lipinski definition) is 1. The van der Waals surface area contributed by atoms with Gasteiger partial charge in [0.15, 0.2) is 5.65 Å². The Kier molecular flexibility index (Phi) is 4.79.